The zero-order valence-corrected chi connectivity index (χ0v) is 21.9. The lowest BCUT2D eigenvalue weighted by molar-refractivity contribution is -0.132. The summed E-state index contributed by atoms with van der Waals surface area (Å²) in [5.74, 6) is 2.54. The first-order chi connectivity index (χ1) is 17.3. The quantitative estimate of drug-likeness (QED) is 0.354. The molecule has 0 radical (unpaired) electrons. The summed E-state index contributed by atoms with van der Waals surface area (Å²) >= 11 is 0. The lowest BCUT2D eigenvalue weighted by Crippen LogP contribution is -2.43. The van der Waals surface area contributed by atoms with Gasteiger partial charge in [-0.3, -0.25) is 9.59 Å². The summed E-state index contributed by atoms with van der Waals surface area (Å²) in [6, 6.07) is 17.0. The summed E-state index contributed by atoms with van der Waals surface area (Å²) in [6.07, 6.45) is 1.37. The van der Waals surface area contributed by atoms with Gasteiger partial charge in [0.05, 0.1) is 20.8 Å². The van der Waals surface area contributed by atoms with Crippen molar-refractivity contribution in [2.45, 2.75) is 40.2 Å². The van der Waals surface area contributed by atoms with Gasteiger partial charge in [-0.15, -0.1) is 0 Å². The molecule has 3 rings (SSSR count). The van der Waals surface area contributed by atoms with Gasteiger partial charge >= 0.3 is 0 Å². The third-order valence-electron chi connectivity index (χ3n) is 6.02. The molecule has 0 bridgehead atoms. The number of carbonyl (C=O) groups is 2. The Morgan fingerprint density at radius 2 is 1.58 bits per heavy atom. The fraction of sp³-hybridized carbons (Fsp3) is 0.379. The summed E-state index contributed by atoms with van der Waals surface area (Å²) in [5.41, 5.74) is 2.68. The number of carbonyl (C=O) groups excluding carboxylic acids is 2. The van der Waals surface area contributed by atoms with Crippen LogP contribution in [0.4, 0.5) is 0 Å². The van der Waals surface area contributed by atoms with Crippen LogP contribution in [0.15, 0.2) is 59.0 Å². The number of hydrogen-bond acceptors (Lipinski definition) is 5. The van der Waals surface area contributed by atoms with Gasteiger partial charge in [0.25, 0.3) is 5.91 Å². The number of rotatable bonds is 12. The Morgan fingerprint density at radius 3 is 2.19 bits per heavy atom. The highest BCUT2D eigenvalue weighted by Crippen LogP contribution is 2.28. The van der Waals surface area contributed by atoms with E-state index in [-0.39, 0.29) is 18.4 Å². The van der Waals surface area contributed by atoms with Gasteiger partial charge in [-0.25, -0.2) is 0 Å². The van der Waals surface area contributed by atoms with Gasteiger partial charge < -0.3 is 23.7 Å². The van der Waals surface area contributed by atoms with Gasteiger partial charge in [-0.05, 0) is 68.7 Å². The Morgan fingerprint density at radius 1 is 0.861 bits per heavy atom. The van der Waals surface area contributed by atoms with Crippen molar-refractivity contribution >= 4 is 11.8 Å². The van der Waals surface area contributed by atoms with E-state index in [1.54, 1.807) is 24.0 Å². The molecule has 0 saturated heterocycles. The van der Waals surface area contributed by atoms with E-state index in [9.17, 15) is 9.59 Å². The van der Waals surface area contributed by atoms with Crippen molar-refractivity contribution in [2.24, 2.45) is 0 Å². The smallest absolute Gasteiger partial charge is 0.254 e. The molecule has 7 nitrogen and oxygen atoms in total. The molecule has 1 aromatic heterocycles. The van der Waals surface area contributed by atoms with E-state index in [4.69, 9.17) is 13.9 Å². The number of furan rings is 1. The minimum atomic E-state index is -0.140. The van der Waals surface area contributed by atoms with Gasteiger partial charge in [0, 0.05) is 18.7 Å². The van der Waals surface area contributed by atoms with Crippen LogP contribution in [0.25, 0.3) is 0 Å². The highest BCUT2D eigenvalue weighted by atomic mass is 16.5. The molecule has 2 aromatic carbocycles. The SMILES string of the molecule is CCCN(CC(=O)N(CCc1ccc(OC)c(OC)c1)Cc1ccc(C)o1)C(=O)c1ccc(C)cc1. The van der Waals surface area contributed by atoms with Crippen LogP contribution >= 0.6 is 0 Å². The highest BCUT2D eigenvalue weighted by Gasteiger charge is 2.23. The highest BCUT2D eigenvalue weighted by molar-refractivity contribution is 5.96. The van der Waals surface area contributed by atoms with Crippen LogP contribution in [-0.4, -0.2) is 55.5 Å². The van der Waals surface area contributed by atoms with E-state index in [1.165, 1.54) is 0 Å². The van der Waals surface area contributed by atoms with Crippen molar-refractivity contribution in [3.05, 3.63) is 82.8 Å². The Hall–Kier alpha value is -3.74. The average Bonchev–Trinajstić information content (AvgIpc) is 3.30. The summed E-state index contributed by atoms with van der Waals surface area (Å²) in [5, 5.41) is 0. The number of aryl methyl sites for hydroxylation is 2. The largest absolute Gasteiger partial charge is 0.493 e. The van der Waals surface area contributed by atoms with E-state index in [0.717, 1.165) is 23.3 Å². The molecule has 0 saturated carbocycles. The van der Waals surface area contributed by atoms with Crippen LogP contribution < -0.4 is 9.47 Å². The number of methoxy groups -OCH3 is 2. The molecule has 0 aliphatic rings. The summed E-state index contributed by atoms with van der Waals surface area (Å²) < 4.78 is 16.5. The minimum Gasteiger partial charge on any atom is -0.493 e. The first-order valence-corrected chi connectivity index (χ1v) is 12.2. The van der Waals surface area contributed by atoms with Crippen molar-refractivity contribution in [2.75, 3.05) is 33.9 Å². The lowest BCUT2D eigenvalue weighted by atomic mass is 10.1. The molecule has 0 aliphatic carbocycles. The fourth-order valence-corrected chi connectivity index (χ4v) is 4.01. The van der Waals surface area contributed by atoms with Crippen LogP contribution in [0.1, 0.15) is 46.3 Å². The third-order valence-corrected chi connectivity index (χ3v) is 6.02. The maximum atomic E-state index is 13.5. The monoisotopic (exact) mass is 492 g/mol. The van der Waals surface area contributed by atoms with E-state index in [1.807, 2.05) is 75.4 Å². The fourth-order valence-electron chi connectivity index (χ4n) is 4.01. The topological polar surface area (TPSA) is 72.2 Å². The minimum absolute atomic E-state index is 0.00613. The van der Waals surface area contributed by atoms with Gasteiger partial charge in [0.15, 0.2) is 11.5 Å². The van der Waals surface area contributed by atoms with Crippen LogP contribution in [0, 0.1) is 13.8 Å². The zero-order chi connectivity index (χ0) is 26.1. The van der Waals surface area contributed by atoms with E-state index >= 15 is 0 Å². The van der Waals surface area contributed by atoms with Crippen molar-refractivity contribution in [3.8, 4) is 11.5 Å². The Balaban J connectivity index is 1.77. The molecule has 0 N–H and O–H groups in total. The van der Waals surface area contributed by atoms with E-state index < -0.39 is 0 Å². The van der Waals surface area contributed by atoms with E-state index in [2.05, 4.69) is 0 Å². The van der Waals surface area contributed by atoms with E-state index in [0.29, 0.717) is 48.9 Å². The average molecular weight is 493 g/mol. The molecule has 0 fully saturated rings. The molecule has 192 valence electrons. The molecule has 1 heterocycles. The first-order valence-electron chi connectivity index (χ1n) is 12.2. The van der Waals surface area contributed by atoms with Crippen LogP contribution in [-0.2, 0) is 17.8 Å². The maximum absolute atomic E-state index is 13.5. The van der Waals surface area contributed by atoms with Gasteiger partial charge in [-0.2, -0.15) is 0 Å². The van der Waals surface area contributed by atoms with Gasteiger partial charge in [0.1, 0.15) is 18.1 Å². The molecule has 2 amide bonds. The van der Waals surface area contributed by atoms with Crippen LogP contribution in [0.3, 0.4) is 0 Å². The second kappa shape index (κ2) is 12.8. The van der Waals surface area contributed by atoms with Crippen molar-refractivity contribution in [1.82, 2.24) is 9.80 Å². The Labute approximate surface area is 213 Å². The second-order valence-corrected chi connectivity index (χ2v) is 8.86. The molecule has 0 aliphatic heterocycles. The summed E-state index contributed by atoms with van der Waals surface area (Å²) in [7, 11) is 3.20. The molecular formula is C29H36N2O5. The Bertz CT molecular complexity index is 1150. The number of amides is 2. The molecular weight excluding hydrogens is 456 g/mol. The van der Waals surface area contributed by atoms with Gasteiger partial charge in [-0.1, -0.05) is 30.7 Å². The molecule has 36 heavy (non-hydrogen) atoms. The van der Waals surface area contributed by atoms with Crippen molar-refractivity contribution < 1.29 is 23.5 Å². The van der Waals surface area contributed by atoms with Crippen molar-refractivity contribution in [3.63, 3.8) is 0 Å². The predicted molar refractivity (Wildman–Crippen MR) is 139 cm³/mol. The number of hydrogen-bond donors (Lipinski definition) is 0. The maximum Gasteiger partial charge on any atom is 0.254 e. The third kappa shape index (κ3) is 7.13. The Kier molecular flexibility index (Phi) is 9.56. The lowest BCUT2D eigenvalue weighted by Gasteiger charge is -2.27. The number of benzene rings is 2. The first kappa shape index (κ1) is 26.9. The number of nitrogens with zero attached hydrogens (tertiary/aromatic N) is 2. The number of ether oxygens (including phenoxy) is 2. The van der Waals surface area contributed by atoms with Crippen LogP contribution in [0.2, 0.25) is 0 Å². The molecule has 7 heteroatoms. The normalized spacial score (nSPS) is 10.7. The summed E-state index contributed by atoms with van der Waals surface area (Å²) in [6.45, 7) is 7.16. The van der Waals surface area contributed by atoms with Gasteiger partial charge in [0.2, 0.25) is 5.91 Å². The van der Waals surface area contributed by atoms with Crippen molar-refractivity contribution in [1.29, 1.82) is 0 Å². The molecule has 0 spiro atoms. The van der Waals surface area contributed by atoms with Crippen LogP contribution in [0.5, 0.6) is 11.5 Å². The molecule has 3 aromatic rings. The zero-order valence-electron chi connectivity index (χ0n) is 21.9. The predicted octanol–water partition coefficient (Wildman–Crippen LogP) is 5.04. The molecule has 0 unspecified atom stereocenters. The summed E-state index contributed by atoms with van der Waals surface area (Å²) in [4.78, 5) is 30.1. The second-order valence-electron chi connectivity index (χ2n) is 8.86. The molecule has 0 atom stereocenters. The standard InChI is InChI=1S/C29H36N2O5/c1-6-16-31(29(33)24-11-7-21(2)8-12-24)20-28(32)30(19-25-13-9-22(3)36-25)17-15-23-10-14-26(34-4)27(18-23)35-5/h7-14,18H,6,15-17,19-20H2,1-5H3.